The minimum absolute atomic E-state index is 0.108. The van der Waals surface area contributed by atoms with Crippen molar-refractivity contribution in [1.82, 2.24) is 4.98 Å². The number of aromatic amines is 1. The average molecular weight is 286 g/mol. The minimum Gasteiger partial charge on any atom is -0.477 e. The van der Waals surface area contributed by atoms with Crippen molar-refractivity contribution in [2.24, 2.45) is 0 Å². The number of hydrogen-bond donors (Lipinski definition) is 2. The van der Waals surface area contributed by atoms with Crippen LogP contribution in [-0.2, 0) is 6.42 Å². The molecule has 0 radical (unpaired) electrons. The fraction of sp³-hybridized carbons (Fsp3) is 0.667. The number of rotatable bonds is 10. The third-order valence-electron chi connectivity index (χ3n) is 3.41. The zero-order chi connectivity index (χ0) is 14.1. The van der Waals surface area contributed by atoms with Gasteiger partial charge in [-0.25, -0.2) is 4.79 Å². The first-order valence-corrected chi connectivity index (χ1v) is 7.63. The Kier molecular flexibility index (Phi) is 7.65. The fourth-order valence-electron chi connectivity index (χ4n) is 2.23. The third-order valence-corrected chi connectivity index (χ3v) is 3.84. The number of carboxylic acids is 1. The van der Waals surface area contributed by atoms with Crippen LogP contribution in [0.25, 0.3) is 0 Å². The highest BCUT2D eigenvalue weighted by Gasteiger charge is 2.14. The summed E-state index contributed by atoms with van der Waals surface area (Å²) in [4.78, 5) is 13.5. The van der Waals surface area contributed by atoms with E-state index in [2.05, 4.69) is 11.9 Å². The lowest BCUT2D eigenvalue weighted by Gasteiger charge is -2.01. The van der Waals surface area contributed by atoms with E-state index in [4.69, 9.17) is 16.7 Å². The van der Waals surface area contributed by atoms with Gasteiger partial charge in [-0.15, -0.1) is 0 Å². The molecule has 0 fully saturated rings. The normalized spacial score (nSPS) is 10.8. The maximum atomic E-state index is 10.8. The summed E-state index contributed by atoms with van der Waals surface area (Å²) in [5.74, 6) is -0.993. The molecular formula is C15H24ClNO2. The van der Waals surface area contributed by atoms with Crippen LogP contribution in [0.5, 0.6) is 0 Å². The van der Waals surface area contributed by atoms with Crippen molar-refractivity contribution in [3.63, 3.8) is 0 Å². The van der Waals surface area contributed by atoms with E-state index < -0.39 is 5.97 Å². The summed E-state index contributed by atoms with van der Waals surface area (Å²) in [6.07, 6.45) is 12.7. The van der Waals surface area contributed by atoms with Crippen LogP contribution in [0.3, 0.4) is 0 Å². The number of carboxylic acid groups (broad SMARTS) is 1. The van der Waals surface area contributed by atoms with Crippen LogP contribution in [0.2, 0.25) is 5.02 Å². The molecule has 1 aromatic heterocycles. The Hall–Kier alpha value is -0.960. The predicted molar refractivity (Wildman–Crippen MR) is 79.1 cm³/mol. The van der Waals surface area contributed by atoms with Crippen molar-refractivity contribution < 1.29 is 9.90 Å². The van der Waals surface area contributed by atoms with E-state index >= 15 is 0 Å². The maximum absolute atomic E-state index is 10.8. The quantitative estimate of drug-likeness (QED) is 0.591. The smallest absolute Gasteiger partial charge is 0.353 e. The topological polar surface area (TPSA) is 53.1 Å². The lowest BCUT2D eigenvalue weighted by Crippen LogP contribution is -1.96. The molecule has 108 valence electrons. The molecule has 0 unspecified atom stereocenters. The van der Waals surface area contributed by atoms with Crippen molar-refractivity contribution in [1.29, 1.82) is 0 Å². The number of aromatic nitrogens is 1. The molecule has 0 bridgehead atoms. The van der Waals surface area contributed by atoms with E-state index in [9.17, 15) is 4.79 Å². The molecule has 0 saturated heterocycles. The van der Waals surface area contributed by atoms with E-state index in [1.165, 1.54) is 44.9 Å². The second-order valence-corrected chi connectivity index (χ2v) is 5.41. The molecule has 19 heavy (non-hydrogen) atoms. The van der Waals surface area contributed by atoms with Gasteiger partial charge < -0.3 is 10.1 Å². The molecule has 0 aliphatic rings. The molecule has 1 rings (SSSR count). The van der Waals surface area contributed by atoms with Gasteiger partial charge in [0.15, 0.2) is 0 Å². The van der Waals surface area contributed by atoms with Gasteiger partial charge in [0, 0.05) is 6.20 Å². The lowest BCUT2D eigenvalue weighted by atomic mass is 10.1. The Morgan fingerprint density at radius 2 is 1.74 bits per heavy atom. The molecule has 4 heteroatoms. The van der Waals surface area contributed by atoms with Crippen molar-refractivity contribution >= 4 is 17.6 Å². The molecular weight excluding hydrogens is 262 g/mol. The van der Waals surface area contributed by atoms with Crippen molar-refractivity contribution in [2.45, 2.75) is 64.7 Å². The molecule has 1 heterocycles. The van der Waals surface area contributed by atoms with Gasteiger partial charge in [0.2, 0.25) is 0 Å². The van der Waals surface area contributed by atoms with E-state index in [0.717, 1.165) is 18.4 Å². The first-order chi connectivity index (χ1) is 9.16. The summed E-state index contributed by atoms with van der Waals surface area (Å²) in [5.41, 5.74) is 1.03. The number of carbonyl (C=O) groups is 1. The van der Waals surface area contributed by atoms with E-state index in [0.29, 0.717) is 5.02 Å². The Morgan fingerprint density at radius 1 is 1.16 bits per heavy atom. The van der Waals surface area contributed by atoms with Gasteiger partial charge >= 0.3 is 5.97 Å². The molecule has 0 saturated carbocycles. The van der Waals surface area contributed by atoms with E-state index in [1.54, 1.807) is 6.20 Å². The number of hydrogen-bond acceptors (Lipinski definition) is 1. The number of aromatic carboxylic acids is 1. The summed E-state index contributed by atoms with van der Waals surface area (Å²) < 4.78 is 0. The largest absolute Gasteiger partial charge is 0.477 e. The molecule has 0 atom stereocenters. The predicted octanol–water partition coefficient (Wildman–Crippen LogP) is 5.05. The average Bonchev–Trinajstić information content (AvgIpc) is 2.74. The van der Waals surface area contributed by atoms with Crippen molar-refractivity contribution in [2.75, 3.05) is 0 Å². The summed E-state index contributed by atoms with van der Waals surface area (Å²) in [5, 5.41) is 9.25. The van der Waals surface area contributed by atoms with Crippen LogP contribution in [0.1, 0.15) is 74.3 Å². The highest BCUT2D eigenvalue weighted by Crippen LogP contribution is 2.22. The van der Waals surface area contributed by atoms with Gasteiger partial charge in [-0.3, -0.25) is 0 Å². The highest BCUT2D eigenvalue weighted by atomic mass is 35.5. The lowest BCUT2D eigenvalue weighted by molar-refractivity contribution is 0.0691. The van der Waals surface area contributed by atoms with Crippen LogP contribution in [0.15, 0.2) is 6.20 Å². The second-order valence-electron chi connectivity index (χ2n) is 5.03. The fourth-order valence-corrected chi connectivity index (χ4v) is 2.52. The number of nitrogens with one attached hydrogen (secondary N) is 1. The molecule has 2 N–H and O–H groups in total. The van der Waals surface area contributed by atoms with Crippen LogP contribution in [-0.4, -0.2) is 16.1 Å². The summed E-state index contributed by atoms with van der Waals surface area (Å²) in [7, 11) is 0. The van der Waals surface area contributed by atoms with Gasteiger partial charge in [-0.1, -0.05) is 63.5 Å². The van der Waals surface area contributed by atoms with Gasteiger partial charge in [-0.2, -0.15) is 0 Å². The highest BCUT2D eigenvalue weighted by molar-refractivity contribution is 6.34. The second kappa shape index (κ2) is 9.03. The Labute approximate surface area is 120 Å². The zero-order valence-electron chi connectivity index (χ0n) is 11.7. The van der Waals surface area contributed by atoms with E-state index in [1.807, 2.05) is 0 Å². The van der Waals surface area contributed by atoms with Crippen LogP contribution in [0.4, 0.5) is 0 Å². The first kappa shape index (κ1) is 16.1. The Balaban J connectivity index is 2.14. The standard InChI is InChI=1S/C15H24ClNO2/c1-2-3-4-5-6-7-8-9-10-12-11-17-14(13(12)16)15(18)19/h11,17H,2-10H2,1H3,(H,18,19). The van der Waals surface area contributed by atoms with E-state index in [-0.39, 0.29) is 5.69 Å². The molecule has 0 aliphatic carbocycles. The monoisotopic (exact) mass is 285 g/mol. The zero-order valence-corrected chi connectivity index (χ0v) is 12.4. The number of halogens is 1. The molecule has 0 amide bonds. The SMILES string of the molecule is CCCCCCCCCCc1c[nH]c(C(=O)O)c1Cl. The third kappa shape index (κ3) is 5.68. The van der Waals surface area contributed by atoms with Crippen LogP contribution >= 0.6 is 11.6 Å². The number of unbranched alkanes of at least 4 members (excludes halogenated alkanes) is 7. The molecule has 0 spiro atoms. The number of H-pyrrole nitrogens is 1. The maximum Gasteiger partial charge on any atom is 0.353 e. The molecule has 1 aromatic rings. The van der Waals surface area contributed by atoms with Crippen molar-refractivity contribution in [3.05, 3.63) is 22.5 Å². The Bertz CT molecular complexity index is 387. The Morgan fingerprint density at radius 3 is 2.26 bits per heavy atom. The van der Waals surface area contributed by atoms with Gasteiger partial charge in [0.25, 0.3) is 0 Å². The summed E-state index contributed by atoms with van der Waals surface area (Å²) in [6, 6.07) is 0. The van der Waals surface area contributed by atoms with Crippen LogP contribution < -0.4 is 0 Å². The van der Waals surface area contributed by atoms with Gasteiger partial charge in [0.05, 0.1) is 5.02 Å². The van der Waals surface area contributed by atoms with Crippen LogP contribution in [0, 0.1) is 0 Å². The molecule has 3 nitrogen and oxygen atoms in total. The van der Waals surface area contributed by atoms with Crippen molar-refractivity contribution in [3.8, 4) is 0 Å². The summed E-state index contributed by atoms with van der Waals surface area (Å²) in [6.45, 7) is 2.23. The molecule has 0 aliphatic heterocycles. The van der Waals surface area contributed by atoms with Gasteiger partial charge in [0.1, 0.15) is 5.69 Å². The van der Waals surface area contributed by atoms with Gasteiger partial charge in [-0.05, 0) is 18.4 Å². The first-order valence-electron chi connectivity index (χ1n) is 7.25. The number of aryl methyl sites for hydroxylation is 1. The molecule has 0 aromatic carbocycles. The minimum atomic E-state index is -0.993. The summed E-state index contributed by atoms with van der Waals surface area (Å²) >= 11 is 6.00.